The van der Waals surface area contributed by atoms with Gasteiger partial charge in [-0.3, -0.25) is 4.79 Å². The largest absolute Gasteiger partial charge is 0.351 e. The lowest BCUT2D eigenvalue weighted by atomic mass is 10.0. The first kappa shape index (κ1) is 14.9. The summed E-state index contributed by atoms with van der Waals surface area (Å²) in [6, 6.07) is 14.9. The van der Waals surface area contributed by atoms with Crippen molar-refractivity contribution in [1.82, 2.24) is 5.32 Å². The highest BCUT2D eigenvalue weighted by atomic mass is 35.5. The van der Waals surface area contributed by atoms with Gasteiger partial charge in [-0.05, 0) is 29.7 Å². The van der Waals surface area contributed by atoms with E-state index >= 15 is 0 Å². The normalized spacial score (nSPS) is 11.9. The van der Waals surface area contributed by atoms with E-state index in [9.17, 15) is 4.79 Å². The minimum Gasteiger partial charge on any atom is -0.351 e. The highest BCUT2D eigenvalue weighted by Crippen LogP contribution is 2.21. The van der Waals surface area contributed by atoms with Gasteiger partial charge in [-0.2, -0.15) is 0 Å². The number of carbonyl (C=O) groups excluding carboxylic acids is 1. The highest BCUT2D eigenvalue weighted by molar-refractivity contribution is 6.36. The lowest BCUT2D eigenvalue weighted by molar-refractivity contribution is 0.0952. The Morgan fingerprint density at radius 2 is 1.85 bits per heavy atom. The second-order valence-electron chi connectivity index (χ2n) is 4.65. The molecule has 0 unspecified atom stereocenters. The maximum absolute atomic E-state index is 12.1. The number of amides is 1. The molecule has 104 valence electrons. The summed E-state index contributed by atoms with van der Waals surface area (Å²) in [4.78, 5) is 12.1. The SMILES string of the molecule is C[C@@H](CNC(=O)c1ccc(Cl)cc1Cl)c1ccccc1. The van der Waals surface area contributed by atoms with E-state index in [4.69, 9.17) is 23.2 Å². The van der Waals surface area contributed by atoms with Crippen LogP contribution in [0.3, 0.4) is 0 Å². The Morgan fingerprint density at radius 3 is 2.50 bits per heavy atom. The summed E-state index contributed by atoms with van der Waals surface area (Å²) in [6.45, 7) is 2.63. The molecule has 1 N–H and O–H groups in total. The molecular weight excluding hydrogens is 293 g/mol. The van der Waals surface area contributed by atoms with Crippen LogP contribution in [-0.4, -0.2) is 12.5 Å². The third kappa shape index (κ3) is 3.75. The maximum Gasteiger partial charge on any atom is 0.252 e. The van der Waals surface area contributed by atoms with Crippen molar-refractivity contribution < 1.29 is 4.79 Å². The van der Waals surface area contributed by atoms with E-state index in [1.54, 1.807) is 18.2 Å². The van der Waals surface area contributed by atoms with Gasteiger partial charge in [0.25, 0.3) is 5.91 Å². The second-order valence-corrected chi connectivity index (χ2v) is 5.49. The Balaban J connectivity index is 1.99. The molecule has 0 saturated carbocycles. The molecule has 0 spiro atoms. The molecule has 0 fully saturated rings. The van der Waals surface area contributed by atoms with Crippen molar-refractivity contribution in [1.29, 1.82) is 0 Å². The van der Waals surface area contributed by atoms with Gasteiger partial charge < -0.3 is 5.32 Å². The summed E-state index contributed by atoms with van der Waals surface area (Å²) >= 11 is 11.8. The van der Waals surface area contributed by atoms with Crippen molar-refractivity contribution in [2.24, 2.45) is 0 Å². The van der Waals surface area contributed by atoms with Crippen LogP contribution < -0.4 is 5.32 Å². The van der Waals surface area contributed by atoms with Gasteiger partial charge in [0.1, 0.15) is 0 Å². The molecule has 0 aliphatic rings. The summed E-state index contributed by atoms with van der Waals surface area (Å²) in [7, 11) is 0. The zero-order valence-corrected chi connectivity index (χ0v) is 12.6. The molecule has 4 heteroatoms. The van der Waals surface area contributed by atoms with E-state index in [1.807, 2.05) is 30.3 Å². The molecule has 2 aromatic rings. The van der Waals surface area contributed by atoms with Gasteiger partial charge in [0.2, 0.25) is 0 Å². The van der Waals surface area contributed by atoms with Gasteiger partial charge in [0.15, 0.2) is 0 Å². The van der Waals surface area contributed by atoms with Crippen LogP contribution in [0.15, 0.2) is 48.5 Å². The number of benzene rings is 2. The summed E-state index contributed by atoms with van der Waals surface area (Å²) in [5.41, 5.74) is 1.63. The quantitative estimate of drug-likeness (QED) is 0.883. The first-order valence-corrected chi connectivity index (χ1v) is 7.11. The van der Waals surface area contributed by atoms with E-state index in [-0.39, 0.29) is 11.8 Å². The lowest BCUT2D eigenvalue weighted by Gasteiger charge is -2.13. The topological polar surface area (TPSA) is 29.1 Å². The maximum atomic E-state index is 12.1. The minimum atomic E-state index is -0.186. The molecule has 20 heavy (non-hydrogen) atoms. The van der Waals surface area contributed by atoms with Crippen molar-refractivity contribution in [3.8, 4) is 0 Å². The van der Waals surface area contributed by atoms with Crippen molar-refractivity contribution in [3.63, 3.8) is 0 Å². The Hall–Kier alpha value is -1.51. The molecule has 0 aliphatic heterocycles. The number of carbonyl (C=O) groups is 1. The fraction of sp³-hybridized carbons (Fsp3) is 0.188. The summed E-state index contributed by atoms with van der Waals surface area (Å²) < 4.78 is 0. The molecular formula is C16H15Cl2NO. The standard InChI is InChI=1S/C16H15Cl2NO/c1-11(12-5-3-2-4-6-12)10-19-16(20)14-8-7-13(17)9-15(14)18/h2-9,11H,10H2,1H3,(H,19,20)/t11-/m0/s1. The first-order chi connectivity index (χ1) is 9.58. The molecule has 0 aromatic heterocycles. The molecule has 2 rings (SSSR count). The zero-order valence-electron chi connectivity index (χ0n) is 11.1. The molecule has 0 aliphatic carbocycles. The van der Waals surface area contributed by atoms with Crippen LogP contribution in [0.25, 0.3) is 0 Å². The molecule has 1 atom stereocenters. The van der Waals surface area contributed by atoms with Crippen molar-refractivity contribution in [2.75, 3.05) is 6.54 Å². The molecule has 0 saturated heterocycles. The average molecular weight is 308 g/mol. The van der Waals surface area contributed by atoms with Crippen LogP contribution in [0.5, 0.6) is 0 Å². The lowest BCUT2D eigenvalue weighted by Crippen LogP contribution is -2.27. The molecule has 2 nitrogen and oxygen atoms in total. The summed E-state index contributed by atoms with van der Waals surface area (Å²) in [5, 5.41) is 3.77. The molecule has 0 radical (unpaired) electrons. The Morgan fingerprint density at radius 1 is 1.15 bits per heavy atom. The predicted molar refractivity (Wildman–Crippen MR) is 83.7 cm³/mol. The Bertz CT molecular complexity index is 599. The number of hydrogen-bond donors (Lipinski definition) is 1. The fourth-order valence-corrected chi connectivity index (χ4v) is 2.41. The van der Waals surface area contributed by atoms with Crippen LogP contribution in [0.2, 0.25) is 10.0 Å². The number of hydrogen-bond acceptors (Lipinski definition) is 1. The number of rotatable bonds is 4. The molecule has 0 bridgehead atoms. The number of halogens is 2. The zero-order chi connectivity index (χ0) is 14.5. The van der Waals surface area contributed by atoms with Gasteiger partial charge in [-0.25, -0.2) is 0 Å². The minimum absolute atomic E-state index is 0.186. The van der Waals surface area contributed by atoms with Crippen LogP contribution >= 0.6 is 23.2 Å². The van der Waals surface area contributed by atoms with Crippen molar-refractivity contribution in [3.05, 3.63) is 69.7 Å². The van der Waals surface area contributed by atoms with Gasteiger partial charge in [0.05, 0.1) is 10.6 Å². The summed E-state index contributed by atoms with van der Waals surface area (Å²) in [5.74, 6) is 0.0562. The van der Waals surface area contributed by atoms with Crippen LogP contribution in [0.4, 0.5) is 0 Å². The van der Waals surface area contributed by atoms with Gasteiger partial charge in [-0.15, -0.1) is 0 Å². The van der Waals surface area contributed by atoms with Gasteiger partial charge >= 0.3 is 0 Å². The monoisotopic (exact) mass is 307 g/mol. The second kappa shape index (κ2) is 6.78. The van der Waals surface area contributed by atoms with Crippen LogP contribution in [0.1, 0.15) is 28.8 Å². The Kier molecular flexibility index (Phi) is 5.05. The van der Waals surface area contributed by atoms with Crippen molar-refractivity contribution in [2.45, 2.75) is 12.8 Å². The van der Waals surface area contributed by atoms with E-state index < -0.39 is 0 Å². The molecule has 2 aromatic carbocycles. The van der Waals surface area contributed by atoms with E-state index in [2.05, 4.69) is 12.2 Å². The highest BCUT2D eigenvalue weighted by Gasteiger charge is 2.12. The van der Waals surface area contributed by atoms with E-state index in [1.165, 1.54) is 5.56 Å². The Labute approximate surface area is 128 Å². The predicted octanol–water partition coefficient (Wildman–Crippen LogP) is 4.53. The van der Waals surface area contributed by atoms with Crippen LogP contribution in [-0.2, 0) is 0 Å². The average Bonchev–Trinajstić information content (AvgIpc) is 2.45. The number of nitrogens with one attached hydrogen (secondary N) is 1. The van der Waals surface area contributed by atoms with Crippen LogP contribution in [0, 0.1) is 0 Å². The van der Waals surface area contributed by atoms with Crippen molar-refractivity contribution >= 4 is 29.1 Å². The fourth-order valence-electron chi connectivity index (χ4n) is 1.91. The van der Waals surface area contributed by atoms with Gasteiger partial charge in [0, 0.05) is 11.6 Å². The third-order valence-electron chi connectivity index (χ3n) is 3.11. The third-order valence-corrected chi connectivity index (χ3v) is 3.66. The smallest absolute Gasteiger partial charge is 0.252 e. The molecule has 1 amide bonds. The van der Waals surface area contributed by atoms with E-state index in [0.29, 0.717) is 22.2 Å². The van der Waals surface area contributed by atoms with E-state index in [0.717, 1.165) is 0 Å². The molecule has 0 heterocycles. The summed E-state index contributed by atoms with van der Waals surface area (Å²) in [6.07, 6.45) is 0. The van der Waals surface area contributed by atoms with Gasteiger partial charge in [-0.1, -0.05) is 60.5 Å². The first-order valence-electron chi connectivity index (χ1n) is 6.36.